The number of benzene rings is 1. The second-order valence-electron chi connectivity index (χ2n) is 6.11. The summed E-state index contributed by atoms with van der Waals surface area (Å²) in [5, 5.41) is 5.07. The summed E-state index contributed by atoms with van der Waals surface area (Å²) in [5.74, 6) is -3.92. The summed E-state index contributed by atoms with van der Waals surface area (Å²) in [6.07, 6.45) is -0.149. The van der Waals surface area contributed by atoms with E-state index in [4.69, 9.17) is 0 Å². The lowest BCUT2D eigenvalue weighted by molar-refractivity contribution is -0.121. The first-order valence-electron chi connectivity index (χ1n) is 7.65. The summed E-state index contributed by atoms with van der Waals surface area (Å²) in [7, 11) is 0. The molecule has 2 fully saturated rings. The number of nitrogens with one attached hydrogen (secondary N) is 2. The second kappa shape index (κ2) is 5.94. The van der Waals surface area contributed by atoms with Crippen molar-refractivity contribution in [2.24, 2.45) is 0 Å². The third kappa shape index (κ3) is 3.14. The lowest BCUT2D eigenvalue weighted by atomic mass is 10.1. The Labute approximate surface area is 137 Å². The third-order valence-electron chi connectivity index (χ3n) is 4.18. The van der Waals surface area contributed by atoms with E-state index < -0.39 is 30.8 Å². The summed E-state index contributed by atoms with van der Waals surface area (Å²) in [5.41, 5.74) is 1.55. The maximum Gasteiger partial charge on any atom is 0.262 e. The van der Waals surface area contributed by atoms with E-state index in [9.17, 15) is 23.2 Å². The van der Waals surface area contributed by atoms with Gasteiger partial charge in [-0.05, 0) is 30.7 Å². The predicted octanol–water partition coefficient (Wildman–Crippen LogP) is 1.58. The third-order valence-corrected chi connectivity index (χ3v) is 4.18. The fraction of sp³-hybridized carbons (Fsp3) is 0.438. The number of alkyl halides is 2. The molecule has 2 heterocycles. The molecule has 0 spiro atoms. The summed E-state index contributed by atoms with van der Waals surface area (Å²) in [6.45, 7) is 1.20. The van der Waals surface area contributed by atoms with E-state index in [-0.39, 0.29) is 24.7 Å². The Bertz CT molecular complexity index is 705. The number of halogens is 2. The van der Waals surface area contributed by atoms with E-state index in [1.807, 2.05) is 0 Å². The van der Waals surface area contributed by atoms with Crippen LogP contribution in [0, 0.1) is 6.92 Å². The van der Waals surface area contributed by atoms with Gasteiger partial charge in [0.25, 0.3) is 5.92 Å². The molecule has 6 nitrogen and oxygen atoms in total. The number of amides is 3. The van der Waals surface area contributed by atoms with Gasteiger partial charge in [-0.2, -0.15) is 0 Å². The first-order valence-corrected chi connectivity index (χ1v) is 7.65. The summed E-state index contributed by atoms with van der Waals surface area (Å²) in [4.78, 5) is 36.8. The van der Waals surface area contributed by atoms with Crippen LogP contribution in [0.25, 0.3) is 0 Å². The van der Waals surface area contributed by atoms with Gasteiger partial charge in [0.05, 0.1) is 18.3 Å². The van der Waals surface area contributed by atoms with Crippen molar-refractivity contribution >= 4 is 29.1 Å². The lowest BCUT2D eigenvalue weighted by Gasteiger charge is -2.18. The quantitative estimate of drug-likeness (QED) is 0.821. The zero-order valence-corrected chi connectivity index (χ0v) is 13.1. The molecule has 3 rings (SSSR count). The number of rotatable bonds is 3. The van der Waals surface area contributed by atoms with E-state index in [1.54, 1.807) is 25.1 Å². The van der Waals surface area contributed by atoms with Gasteiger partial charge in [-0.3, -0.25) is 24.6 Å². The maximum atomic E-state index is 13.1. The van der Waals surface area contributed by atoms with Crippen molar-refractivity contribution in [1.29, 1.82) is 0 Å². The van der Waals surface area contributed by atoms with Crippen molar-refractivity contribution in [1.82, 2.24) is 5.32 Å². The van der Waals surface area contributed by atoms with Gasteiger partial charge in [0, 0.05) is 24.9 Å². The minimum Gasteiger partial charge on any atom is -0.325 e. The van der Waals surface area contributed by atoms with Crippen LogP contribution in [-0.2, 0) is 14.4 Å². The average Bonchev–Trinajstić information content (AvgIpc) is 3.02. The molecule has 128 valence electrons. The summed E-state index contributed by atoms with van der Waals surface area (Å²) < 4.78 is 26.3. The molecule has 1 unspecified atom stereocenters. The van der Waals surface area contributed by atoms with Gasteiger partial charge in [0.1, 0.15) is 0 Å². The highest BCUT2D eigenvalue weighted by Crippen LogP contribution is 2.29. The highest BCUT2D eigenvalue weighted by Gasteiger charge is 2.42. The largest absolute Gasteiger partial charge is 0.325 e. The molecule has 0 aromatic heterocycles. The Kier molecular flexibility index (Phi) is 4.08. The van der Waals surface area contributed by atoms with Crippen LogP contribution in [0.1, 0.15) is 24.8 Å². The first-order chi connectivity index (χ1) is 11.3. The molecular weight excluding hydrogens is 320 g/mol. The minimum atomic E-state index is -2.88. The molecule has 3 amide bonds. The van der Waals surface area contributed by atoms with Crippen LogP contribution in [0.3, 0.4) is 0 Å². The topological polar surface area (TPSA) is 78.5 Å². The van der Waals surface area contributed by atoms with E-state index >= 15 is 0 Å². The lowest BCUT2D eigenvalue weighted by Crippen LogP contribution is -2.35. The number of nitrogens with zero attached hydrogens (tertiary/aromatic N) is 1. The molecule has 0 bridgehead atoms. The van der Waals surface area contributed by atoms with Crippen molar-refractivity contribution in [2.45, 2.75) is 38.2 Å². The highest BCUT2D eigenvalue weighted by atomic mass is 19.3. The van der Waals surface area contributed by atoms with Crippen LogP contribution in [0.2, 0.25) is 0 Å². The van der Waals surface area contributed by atoms with Gasteiger partial charge in [-0.15, -0.1) is 0 Å². The molecule has 1 aromatic carbocycles. The Morgan fingerprint density at radius 1 is 1.29 bits per heavy atom. The fourth-order valence-corrected chi connectivity index (χ4v) is 2.96. The Morgan fingerprint density at radius 3 is 2.50 bits per heavy atom. The SMILES string of the molecule is Cc1cc(NC(=O)C2CC(F)(F)CN2)ccc1N1C(=O)CCC1=O. The normalized spacial score (nSPS) is 23.0. The smallest absolute Gasteiger partial charge is 0.262 e. The Morgan fingerprint density at radius 2 is 1.96 bits per heavy atom. The van der Waals surface area contributed by atoms with Crippen molar-refractivity contribution in [3.8, 4) is 0 Å². The van der Waals surface area contributed by atoms with Crippen LogP contribution in [0.4, 0.5) is 20.2 Å². The van der Waals surface area contributed by atoms with Gasteiger partial charge < -0.3 is 5.32 Å². The Hall–Kier alpha value is -2.35. The fourth-order valence-electron chi connectivity index (χ4n) is 2.96. The minimum absolute atomic E-state index is 0.193. The van der Waals surface area contributed by atoms with Crippen molar-refractivity contribution in [3.05, 3.63) is 23.8 Å². The van der Waals surface area contributed by atoms with Gasteiger partial charge in [-0.1, -0.05) is 0 Å². The van der Waals surface area contributed by atoms with Gasteiger partial charge in [0.2, 0.25) is 17.7 Å². The highest BCUT2D eigenvalue weighted by molar-refractivity contribution is 6.20. The van der Waals surface area contributed by atoms with Gasteiger partial charge in [-0.25, -0.2) is 8.78 Å². The number of aryl methyl sites for hydroxylation is 1. The number of carbonyl (C=O) groups excluding carboxylic acids is 3. The van der Waals surface area contributed by atoms with Crippen LogP contribution in [0.5, 0.6) is 0 Å². The molecule has 2 N–H and O–H groups in total. The van der Waals surface area contributed by atoms with Gasteiger partial charge >= 0.3 is 0 Å². The molecule has 8 heteroatoms. The molecule has 24 heavy (non-hydrogen) atoms. The molecule has 1 aromatic rings. The van der Waals surface area contributed by atoms with E-state index in [0.717, 1.165) is 4.90 Å². The molecule has 1 atom stereocenters. The number of hydrogen-bond acceptors (Lipinski definition) is 4. The summed E-state index contributed by atoms with van der Waals surface area (Å²) >= 11 is 0. The molecule has 0 saturated carbocycles. The number of carbonyl (C=O) groups is 3. The Balaban J connectivity index is 1.72. The van der Waals surface area contributed by atoms with Crippen molar-refractivity contribution in [3.63, 3.8) is 0 Å². The first kappa shape index (κ1) is 16.5. The molecule has 2 aliphatic rings. The van der Waals surface area contributed by atoms with Crippen LogP contribution in [-0.4, -0.2) is 36.2 Å². The molecule has 0 radical (unpaired) electrons. The second-order valence-corrected chi connectivity index (χ2v) is 6.11. The molecular formula is C16H17F2N3O3. The number of imide groups is 1. The van der Waals surface area contributed by atoms with Crippen molar-refractivity contribution < 1.29 is 23.2 Å². The average molecular weight is 337 g/mol. The summed E-state index contributed by atoms with van der Waals surface area (Å²) in [6, 6.07) is 3.79. The zero-order valence-electron chi connectivity index (χ0n) is 13.1. The maximum absolute atomic E-state index is 13.1. The van der Waals surface area contributed by atoms with Crippen LogP contribution >= 0.6 is 0 Å². The predicted molar refractivity (Wildman–Crippen MR) is 82.9 cm³/mol. The monoisotopic (exact) mass is 337 g/mol. The molecule has 2 aliphatic heterocycles. The van der Waals surface area contributed by atoms with Crippen molar-refractivity contribution in [2.75, 3.05) is 16.8 Å². The molecule has 0 aliphatic carbocycles. The number of anilines is 2. The standard InChI is InChI=1S/C16H17F2N3O3/c1-9-6-10(20-15(24)11-7-16(17,18)8-19-11)2-3-12(9)21-13(22)4-5-14(21)23/h2-3,6,11,19H,4-5,7-8H2,1H3,(H,20,24). The van der Waals surface area contributed by atoms with E-state index in [1.165, 1.54) is 0 Å². The van der Waals surface area contributed by atoms with E-state index in [2.05, 4.69) is 10.6 Å². The van der Waals surface area contributed by atoms with E-state index in [0.29, 0.717) is 16.9 Å². The number of hydrogen-bond donors (Lipinski definition) is 2. The molecule has 2 saturated heterocycles. The zero-order chi connectivity index (χ0) is 17.5. The van der Waals surface area contributed by atoms with Crippen LogP contribution in [0.15, 0.2) is 18.2 Å². The van der Waals surface area contributed by atoms with Gasteiger partial charge in [0.15, 0.2) is 0 Å². The van der Waals surface area contributed by atoms with Crippen LogP contribution < -0.4 is 15.5 Å².